The third kappa shape index (κ3) is 7.51. The molecule has 0 aliphatic heterocycles. The van der Waals surface area contributed by atoms with Gasteiger partial charge in [-0.2, -0.15) is 0 Å². The second kappa shape index (κ2) is 8.52. The molecular formula is C12H20N2O3S2. The van der Waals surface area contributed by atoms with E-state index in [-0.39, 0.29) is 5.75 Å². The number of pyridine rings is 1. The van der Waals surface area contributed by atoms with Gasteiger partial charge in [0, 0.05) is 38.4 Å². The average Bonchev–Trinajstić information content (AvgIpc) is 2.35. The fourth-order valence-electron chi connectivity index (χ4n) is 1.38. The number of hydrogen-bond acceptors (Lipinski definition) is 6. The summed E-state index contributed by atoms with van der Waals surface area (Å²) < 4.78 is 27.1. The van der Waals surface area contributed by atoms with Crippen LogP contribution in [0.2, 0.25) is 0 Å². The zero-order chi connectivity index (χ0) is 14.1. The van der Waals surface area contributed by atoms with Crippen LogP contribution in [0.4, 0.5) is 0 Å². The normalized spacial score (nSPS) is 11.7. The van der Waals surface area contributed by atoms with Crippen molar-refractivity contribution in [1.82, 2.24) is 10.3 Å². The molecule has 1 heterocycles. The molecule has 0 aliphatic carbocycles. The highest BCUT2D eigenvalue weighted by atomic mass is 32.2. The first-order valence-electron chi connectivity index (χ1n) is 5.97. The first-order chi connectivity index (χ1) is 9.03. The number of sulfone groups is 1. The van der Waals surface area contributed by atoms with Crippen molar-refractivity contribution < 1.29 is 13.2 Å². The summed E-state index contributed by atoms with van der Waals surface area (Å²) in [4.78, 5) is 4.29. The van der Waals surface area contributed by atoms with Gasteiger partial charge in [0.1, 0.15) is 14.9 Å². The van der Waals surface area contributed by atoms with Crippen molar-refractivity contribution >= 4 is 21.6 Å². The summed E-state index contributed by atoms with van der Waals surface area (Å²) in [5.74, 6) is 0.700. The highest BCUT2D eigenvalue weighted by Gasteiger charge is 2.07. The molecule has 1 aromatic heterocycles. The molecule has 0 spiro atoms. The molecule has 0 amide bonds. The number of rotatable bonds is 9. The average molecular weight is 304 g/mol. The molecule has 5 nitrogen and oxygen atoms in total. The number of nitrogens with one attached hydrogen (secondary N) is 1. The fourth-order valence-corrected chi connectivity index (χ4v) is 3.57. The standard InChI is InChI=1S/C12H20N2O3S2/c1-17-7-6-13-10-11-4-3-5-14-12(11)18-8-9-19(2,15)16/h3-5,13H,6-10H2,1-2H3. The van der Waals surface area contributed by atoms with E-state index in [1.165, 1.54) is 18.0 Å². The van der Waals surface area contributed by atoms with E-state index >= 15 is 0 Å². The van der Waals surface area contributed by atoms with Crippen LogP contribution in [0.1, 0.15) is 5.56 Å². The van der Waals surface area contributed by atoms with Crippen molar-refractivity contribution in [2.45, 2.75) is 11.6 Å². The van der Waals surface area contributed by atoms with Crippen LogP contribution >= 0.6 is 11.8 Å². The van der Waals surface area contributed by atoms with Gasteiger partial charge in [-0.25, -0.2) is 13.4 Å². The third-order valence-electron chi connectivity index (χ3n) is 2.34. The Morgan fingerprint density at radius 2 is 2.26 bits per heavy atom. The second-order valence-electron chi connectivity index (χ2n) is 4.12. The summed E-state index contributed by atoms with van der Waals surface area (Å²) >= 11 is 1.48. The van der Waals surface area contributed by atoms with Gasteiger partial charge in [-0.15, -0.1) is 11.8 Å². The van der Waals surface area contributed by atoms with E-state index in [0.717, 1.165) is 17.1 Å². The minimum atomic E-state index is -2.91. The van der Waals surface area contributed by atoms with Crippen molar-refractivity contribution in [2.75, 3.05) is 38.0 Å². The van der Waals surface area contributed by atoms with Crippen molar-refractivity contribution in [1.29, 1.82) is 0 Å². The summed E-state index contributed by atoms with van der Waals surface area (Å²) in [5, 5.41) is 4.14. The van der Waals surface area contributed by atoms with Crippen LogP contribution in [0.25, 0.3) is 0 Å². The lowest BCUT2D eigenvalue weighted by Gasteiger charge is -2.08. The van der Waals surface area contributed by atoms with Crippen molar-refractivity contribution in [3.8, 4) is 0 Å². The predicted molar refractivity (Wildman–Crippen MR) is 78.3 cm³/mol. The molecular weight excluding hydrogens is 284 g/mol. The first-order valence-corrected chi connectivity index (χ1v) is 9.01. The van der Waals surface area contributed by atoms with Gasteiger partial charge in [0.05, 0.1) is 12.4 Å². The van der Waals surface area contributed by atoms with E-state index in [1.54, 1.807) is 13.3 Å². The second-order valence-corrected chi connectivity index (χ2v) is 7.46. The maximum absolute atomic E-state index is 11.1. The van der Waals surface area contributed by atoms with Crippen LogP contribution in [0.5, 0.6) is 0 Å². The summed E-state index contributed by atoms with van der Waals surface area (Å²) in [6.45, 7) is 2.15. The largest absolute Gasteiger partial charge is 0.383 e. The topological polar surface area (TPSA) is 68.3 Å². The number of aromatic nitrogens is 1. The molecule has 0 saturated carbocycles. The molecule has 1 N–H and O–H groups in total. The lowest BCUT2D eigenvalue weighted by Crippen LogP contribution is -2.19. The minimum Gasteiger partial charge on any atom is -0.383 e. The highest BCUT2D eigenvalue weighted by molar-refractivity contribution is 8.00. The van der Waals surface area contributed by atoms with E-state index < -0.39 is 9.84 Å². The van der Waals surface area contributed by atoms with Crippen LogP contribution in [0.3, 0.4) is 0 Å². The number of ether oxygens (including phenoxy) is 1. The van der Waals surface area contributed by atoms with Gasteiger partial charge >= 0.3 is 0 Å². The van der Waals surface area contributed by atoms with Crippen LogP contribution in [0, 0.1) is 0 Å². The minimum absolute atomic E-state index is 0.171. The molecule has 1 aromatic rings. The lowest BCUT2D eigenvalue weighted by atomic mass is 10.3. The quantitative estimate of drug-likeness (QED) is 0.541. The van der Waals surface area contributed by atoms with E-state index in [4.69, 9.17) is 4.74 Å². The third-order valence-corrected chi connectivity index (χ3v) is 4.59. The molecule has 0 radical (unpaired) electrons. The summed E-state index contributed by atoms with van der Waals surface area (Å²) in [6, 6.07) is 3.88. The van der Waals surface area contributed by atoms with Gasteiger partial charge in [0.15, 0.2) is 0 Å². The molecule has 1 rings (SSSR count). The monoisotopic (exact) mass is 304 g/mol. The molecule has 0 aliphatic rings. The van der Waals surface area contributed by atoms with Crippen LogP contribution in [0.15, 0.2) is 23.4 Å². The zero-order valence-electron chi connectivity index (χ0n) is 11.3. The van der Waals surface area contributed by atoms with E-state index in [1.807, 2.05) is 12.1 Å². The fraction of sp³-hybridized carbons (Fsp3) is 0.583. The van der Waals surface area contributed by atoms with Crippen LogP contribution in [-0.4, -0.2) is 51.4 Å². The Morgan fingerprint density at radius 3 is 2.95 bits per heavy atom. The van der Waals surface area contributed by atoms with Gasteiger partial charge in [-0.05, 0) is 11.6 Å². The smallest absolute Gasteiger partial charge is 0.148 e. The van der Waals surface area contributed by atoms with Gasteiger partial charge in [0.2, 0.25) is 0 Å². The maximum Gasteiger partial charge on any atom is 0.148 e. The van der Waals surface area contributed by atoms with Crippen molar-refractivity contribution in [3.05, 3.63) is 23.9 Å². The molecule has 108 valence electrons. The summed E-state index contributed by atoms with van der Waals surface area (Å²) in [6.07, 6.45) is 2.97. The van der Waals surface area contributed by atoms with Gasteiger partial charge in [0.25, 0.3) is 0 Å². The molecule has 7 heteroatoms. The summed E-state index contributed by atoms with van der Waals surface area (Å²) in [5.41, 5.74) is 1.08. The van der Waals surface area contributed by atoms with Gasteiger partial charge in [-0.1, -0.05) is 6.07 Å². The van der Waals surface area contributed by atoms with Crippen LogP contribution in [-0.2, 0) is 21.1 Å². The van der Waals surface area contributed by atoms with Crippen molar-refractivity contribution in [2.24, 2.45) is 0 Å². The molecule has 0 bridgehead atoms. The highest BCUT2D eigenvalue weighted by Crippen LogP contribution is 2.19. The molecule has 0 fully saturated rings. The molecule has 0 aromatic carbocycles. The molecule has 0 atom stereocenters. The summed E-state index contributed by atoms with van der Waals surface area (Å²) in [7, 11) is -1.25. The Morgan fingerprint density at radius 1 is 1.47 bits per heavy atom. The van der Waals surface area contributed by atoms with Gasteiger partial charge < -0.3 is 10.1 Å². The SMILES string of the molecule is COCCNCc1cccnc1SCCS(C)(=O)=O. The Balaban J connectivity index is 2.48. The van der Waals surface area contributed by atoms with E-state index in [0.29, 0.717) is 18.9 Å². The van der Waals surface area contributed by atoms with E-state index in [9.17, 15) is 8.42 Å². The Bertz CT molecular complexity index is 478. The number of methoxy groups -OCH3 is 1. The molecule has 0 saturated heterocycles. The predicted octanol–water partition coefficient (Wildman–Crippen LogP) is 0.954. The Labute approximate surface area is 119 Å². The van der Waals surface area contributed by atoms with Crippen LogP contribution < -0.4 is 5.32 Å². The Kier molecular flexibility index (Phi) is 7.37. The number of hydrogen-bond donors (Lipinski definition) is 1. The first kappa shape index (κ1) is 16.4. The zero-order valence-corrected chi connectivity index (χ0v) is 12.9. The molecule has 0 unspecified atom stereocenters. The van der Waals surface area contributed by atoms with E-state index in [2.05, 4.69) is 10.3 Å². The number of thioether (sulfide) groups is 1. The number of nitrogens with zero attached hydrogens (tertiary/aromatic N) is 1. The maximum atomic E-state index is 11.1. The lowest BCUT2D eigenvalue weighted by molar-refractivity contribution is 0.199. The van der Waals surface area contributed by atoms with Crippen molar-refractivity contribution in [3.63, 3.8) is 0 Å². The molecule has 19 heavy (non-hydrogen) atoms. The van der Waals surface area contributed by atoms with Gasteiger partial charge in [-0.3, -0.25) is 0 Å². The Hall–Kier alpha value is -0.630.